The van der Waals surface area contributed by atoms with Gasteiger partial charge in [0.15, 0.2) is 0 Å². The molecule has 4 heteroatoms. The van der Waals surface area contributed by atoms with Crippen molar-refractivity contribution < 1.29 is 4.74 Å². The Morgan fingerprint density at radius 1 is 1.38 bits per heavy atom. The summed E-state index contributed by atoms with van der Waals surface area (Å²) in [6, 6.07) is 0. The van der Waals surface area contributed by atoms with E-state index in [-0.39, 0.29) is 0 Å². The molecule has 3 aliphatic rings. The first-order valence-electron chi connectivity index (χ1n) is 4.55. The number of aliphatic imine (C=N–C) groups is 1. The van der Waals surface area contributed by atoms with Crippen molar-refractivity contribution in [1.82, 2.24) is 10.6 Å². The van der Waals surface area contributed by atoms with Crippen LogP contribution in [0.2, 0.25) is 0 Å². The van der Waals surface area contributed by atoms with Crippen LogP contribution in [0.5, 0.6) is 0 Å². The molecule has 3 heterocycles. The van der Waals surface area contributed by atoms with Crippen molar-refractivity contribution in [3.63, 3.8) is 0 Å². The van der Waals surface area contributed by atoms with Gasteiger partial charge < -0.3 is 15.4 Å². The fourth-order valence-corrected chi connectivity index (χ4v) is 1.83. The summed E-state index contributed by atoms with van der Waals surface area (Å²) in [6.07, 6.45) is 3.93. The third-order valence-corrected chi connectivity index (χ3v) is 2.48. The van der Waals surface area contributed by atoms with Gasteiger partial charge in [0.05, 0.1) is 18.1 Å². The molecule has 68 valence electrons. The molecule has 4 nitrogen and oxygen atoms in total. The fourth-order valence-electron chi connectivity index (χ4n) is 1.83. The molecule has 3 rings (SSSR count). The number of rotatable bonds is 0. The maximum absolute atomic E-state index is 5.60. The zero-order valence-corrected chi connectivity index (χ0v) is 7.26. The van der Waals surface area contributed by atoms with Gasteiger partial charge in [-0.25, -0.2) is 0 Å². The SMILES string of the molecule is C1=NC2=C(CC1)OCC1=C2NCN1. The highest BCUT2D eigenvalue weighted by atomic mass is 16.5. The molecule has 0 saturated carbocycles. The normalized spacial score (nSPS) is 24.6. The van der Waals surface area contributed by atoms with Gasteiger partial charge in [0.1, 0.15) is 18.1 Å². The second-order valence-corrected chi connectivity index (χ2v) is 3.29. The van der Waals surface area contributed by atoms with Crippen LogP contribution in [0.15, 0.2) is 27.8 Å². The first kappa shape index (κ1) is 7.00. The molecule has 3 aliphatic heterocycles. The molecule has 2 N–H and O–H groups in total. The minimum atomic E-state index is 0.663. The summed E-state index contributed by atoms with van der Waals surface area (Å²) in [7, 11) is 0. The summed E-state index contributed by atoms with van der Waals surface area (Å²) in [6.45, 7) is 1.46. The Morgan fingerprint density at radius 3 is 3.38 bits per heavy atom. The van der Waals surface area contributed by atoms with Crippen LogP contribution in [0.1, 0.15) is 12.8 Å². The molecule has 0 bridgehead atoms. The van der Waals surface area contributed by atoms with E-state index in [0.29, 0.717) is 6.61 Å². The number of hydrogen-bond acceptors (Lipinski definition) is 4. The van der Waals surface area contributed by atoms with E-state index in [1.54, 1.807) is 0 Å². The predicted molar refractivity (Wildman–Crippen MR) is 48.9 cm³/mol. The minimum Gasteiger partial charge on any atom is -0.489 e. The van der Waals surface area contributed by atoms with Crippen molar-refractivity contribution >= 4 is 6.21 Å². The van der Waals surface area contributed by atoms with Gasteiger partial charge in [-0.2, -0.15) is 0 Å². The summed E-state index contributed by atoms with van der Waals surface area (Å²) >= 11 is 0. The highest BCUT2D eigenvalue weighted by Gasteiger charge is 2.26. The third-order valence-electron chi connectivity index (χ3n) is 2.48. The maximum atomic E-state index is 5.60. The first-order valence-corrected chi connectivity index (χ1v) is 4.55. The van der Waals surface area contributed by atoms with Crippen LogP contribution in [0.4, 0.5) is 0 Å². The molecule has 0 aromatic rings. The Labute approximate surface area is 76.4 Å². The van der Waals surface area contributed by atoms with E-state index in [4.69, 9.17) is 4.74 Å². The molecule has 13 heavy (non-hydrogen) atoms. The number of hydrogen-bond donors (Lipinski definition) is 2. The van der Waals surface area contributed by atoms with Crippen molar-refractivity contribution in [1.29, 1.82) is 0 Å². The van der Waals surface area contributed by atoms with Gasteiger partial charge in [0.25, 0.3) is 0 Å². The predicted octanol–water partition coefficient (Wildman–Crippen LogP) is 0.455. The van der Waals surface area contributed by atoms with Crippen LogP contribution >= 0.6 is 0 Å². The van der Waals surface area contributed by atoms with E-state index < -0.39 is 0 Å². The summed E-state index contributed by atoms with van der Waals surface area (Å²) in [5.41, 5.74) is 3.27. The molecule has 0 unspecified atom stereocenters. The molecule has 0 atom stereocenters. The zero-order valence-electron chi connectivity index (χ0n) is 7.26. The first-order chi connectivity index (χ1) is 6.45. The Morgan fingerprint density at radius 2 is 2.38 bits per heavy atom. The van der Waals surface area contributed by atoms with E-state index in [9.17, 15) is 0 Å². The van der Waals surface area contributed by atoms with Gasteiger partial charge in [-0.1, -0.05) is 0 Å². The Bertz CT molecular complexity index is 341. The number of fused-ring (bicyclic) bond motifs is 1. The van der Waals surface area contributed by atoms with Gasteiger partial charge in [0, 0.05) is 12.6 Å². The van der Waals surface area contributed by atoms with Crippen LogP contribution in [-0.4, -0.2) is 19.5 Å². The summed E-state index contributed by atoms with van der Waals surface area (Å²) < 4.78 is 5.60. The molecule has 0 spiro atoms. The molecular formula is C9H11N3O. The van der Waals surface area contributed by atoms with Crippen molar-refractivity contribution in [2.24, 2.45) is 4.99 Å². The lowest BCUT2D eigenvalue weighted by molar-refractivity contribution is 0.214. The monoisotopic (exact) mass is 177 g/mol. The molecule has 0 fully saturated rings. The molecule has 0 aromatic carbocycles. The van der Waals surface area contributed by atoms with Gasteiger partial charge >= 0.3 is 0 Å². The van der Waals surface area contributed by atoms with Crippen molar-refractivity contribution in [2.45, 2.75) is 12.8 Å². The standard InChI is InChI=1S/C9H11N3O/c1-2-7-9(10-3-1)8-6(4-13-7)11-5-12-8/h3,11-12H,1-2,4-5H2. The van der Waals surface area contributed by atoms with Crippen LogP contribution in [0.3, 0.4) is 0 Å². The lowest BCUT2D eigenvalue weighted by Gasteiger charge is -2.22. The quantitative estimate of drug-likeness (QED) is 0.565. The Kier molecular flexibility index (Phi) is 1.36. The molecule has 0 saturated heterocycles. The zero-order chi connectivity index (χ0) is 8.67. The second kappa shape index (κ2) is 2.52. The van der Waals surface area contributed by atoms with Crippen molar-refractivity contribution in [2.75, 3.05) is 13.3 Å². The number of nitrogens with zero attached hydrogens (tertiary/aromatic N) is 1. The van der Waals surface area contributed by atoms with E-state index >= 15 is 0 Å². The van der Waals surface area contributed by atoms with Crippen LogP contribution in [0.25, 0.3) is 0 Å². The van der Waals surface area contributed by atoms with Crippen LogP contribution in [-0.2, 0) is 4.74 Å². The van der Waals surface area contributed by atoms with Crippen molar-refractivity contribution in [3.05, 3.63) is 22.9 Å². The van der Waals surface area contributed by atoms with E-state index in [0.717, 1.165) is 42.4 Å². The van der Waals surface area contributed by atoms with Gasteiger partial charge in [0.2, 0.25) is 0 Å². The molecule has 0 amide bonds. The van der Waals surface area contributed by atoms with E-state index in [1.165, 1.54) is 0 Å². The Balaban J connectivity index is 2.06. The molecule has 0 aromatic heterocycles. The van der Waals surface area contributed by atoms with Crippen molar-refractivity contribution in [3.8, 4) is 0 Å². The maximum Gasteiger partial charge on any atom is 0.130 e. The highest BCUT2D eigenvalue weighted by molar-refractivity contribution is 5.64. The van der Waals surface area contributed by atoms with E-state index in [2.05, 4.69) is 15.6 Å². The van der Waals surface area contributed by atoms with E-state index in [1.807, 2.05) is 6.21 Å². The lowest BCUT2D eigenvalue weighted by Crippen LogP contribution is -2.17. The summed E-state index contributed by atoms with van der Waals surface area (Å²) in [5.74, 6) is 1.04. The third kappa shape index (κ3) is 0.946. The largest absolute Gasteiger partial charge is 0.489 e. The number of nitrogens with one attached hydrogen (secondary N) is 2. The van der Waals surface area contributed by atoms with Gasteiger partial charge in [-0.15, -0.1) is 0 Å². The Hall–Kier alpha value is -1.45. The molecule has 0 radical (unpaired) electrons. The van der Waals surface area contributed by atoms with Crippen LogP contribution < -0.4 is 10.6 Å². The number of ether oxygens (including phenoxy) is 1. The highest BCUT2D eigenvalue weighted by Crippen LogP contribution is 2.29. The van der Waals surface area contributed by atoms with Gasteiger partial charge in [-0.3, -0.25) is 4.99 Å². The topological polar surface area (TPSA) is 45.6 Å². The summed E-state index contributed by atoms with van der Waals surface area (Å²) in [4.78, 5) is 4.36. The average molecular weight is 177 g/mol. The minimum absolute atomic E-state index is 0.663. The summed E-state index contributed by atoms with van der Waals surface area (Å²) in [5, 5.41) is 6.50. The average Bonchev–Trinajstić information content (AvgIpc) is 2.65. The second-order valence-electron chi connectivity index (χ2n) is 3.29. The molecule has 0 aliphatic carbocycles. The lowest BCUT2D eigenvalue weighted by atomic mass is 10.1. The molecular weight excluding hydrogens is 166 g/mol. The van der Waals surface area contributed by atoms with Gasteiger partial charge in [-0.05, 0) is 6.42 Å². The van der Waals surface area contributed by atoms with Crippen LogP contribution in [0, 0.1) is 0 Å². The number of allylic oxidation sites excluding steroid dienone is 1. The fraction of sp³-hybridized carbons (Fsp3) is 0.444. The smallest absolute Gasteiger partial charge is 0.130 e.